The number of hydrogen-bond acceptors (Lipinski definition) is 3. The van der Waals surface area contributed by atoms with Crippen molar-refractivity contribution in [3.63, 3.8) is 0 Å². The molecule has 3 nitrogen and oxygen atoms in total. The van der Waals surface area contributed by atoms with Gasteiger partial charge in [0.15, 0.2) is 0 Å². The van der Waals surface area contributed by atoms with Crippen molar-refractivity contribution in [2.45, 2.75) is 26.3 Å². The predicted octanol–water partition coefficient (Wildman–Crippen LogP) is 1.73. The lowest BCUT2D eigenvalue weighted by Gasteiger charge is -2.17. The van der Waals surface area contributed by atoms with Gasteiger partial charge in [-0.3, -0.25) is 4.79 Å². The smallest absolute Gasteiger partial charge is 0.244 e. The average molecular weight is 198 g/mol. The minimum atomic E-state index is -0.823. The van der Waals surface area contributed by atoms with Crippen LogP contribution in [0.3, 0.4) is 0 Å². The molecule has 0 radical (unpaired) electrons. The highest BCUT2D eigenvalue weighted by Gasteiger charge is 2.22. The molecule has 1 rings (SSSR count). The fraction of sp³-hybridized carbons (Fsp3) is 0.444. The first-order valence-electron chi connectivity index (χ1n) is 4.05. The van der Waals surface area contributed by atoms with Gasteiger partial charge in [0.1, 0.15) is 0 Å². The molecule has 0 unspecified atom stereocenters. The molecule has 0 bridgehead atoms. The fourth-order valence-corrected chi connectivity index (χ4v) is 1.58. The first-order chi connectivity index (χ1) is 5.91. The highest BCUT2D eigenvalue weighted by Crippen LogP contribution is 2.22. The Morgan fingerprint density at radius 3 is 2.62 bits per heavy atom. The van der Waals surface area contributed by atoms with Gasteiger partial charge in [-0.1, -0.05) is 0 Å². The molecule has 4 heteroatoms. The molecule has 0 fully saturated rings. The van der Waals surface area contributed by atoms with E-state index in [1.807, 2.05) is 18.4 Å². The summed E-state index contributed by atoms with van der Waals surface area (Å²) >= 11 is 1.51. The van der Waals surface area contributed by atoms with Crippen LogP contribution >= 0.6 is 11.3 Å². The van der Waals surface area contributed by atoms with Gasteiger partial charge in [-0.15, -0.1) is 11.3 Å². The number of aryl methyl sites for hydroxylation is 1. The zero-order valence-electron chi connectivity index (χ0n) is 8.05. The summed E-state index contributed by atoms with van der Waals surface area (Å²) < 4.78 is 0. The van der Waals surface area contributed by atoms with Crippen LogP contribution in [0.5, 0.6) is 0 Å². The number of nitrogens with two attached hydrogens (primary N) is 1. The first kappa shape index (κ1) is 10.2. The van der Waals surface area contributed by atoms with Crippen LogP contribution < -0.4 is 11.1 Å². The Labute approximate surface area is 81.9 Å². The molecule has 0 aliphatic heterocycles. The summed E-state index contributed by atoms with van der Waals surface area (Å²) in [6.45, 7) is 5.33. The van der Waals surface area contributed by atoms with E-state index in [0.717, 1.165) is 10.6 Å². The summed E-state index contributed by atoms with van der Waals surface area (Å²) in [5.41, 5.74) is 5.89. The zero-order valence-corrected chi connectivity index (χ0v) is 8.87. The Hall–Kier alpha value is -0.870. The molecule has 1 aromatic rings. The number of amides is 1. The predicted molar refractivity (Wildman–Crippen MR) is 56.0 cm³/mol. The third-order valence-electron chi connectivity index (χ3n) is 1.67. The number of thiophene rings is 1. The number of anilines is 1. The number of nitrogens with one attached hydrogen (secondary N) is 1. The van der Waals surface area contributed by atoms with Gasteiger partial charge in [0, 0.05) is 0 Å². The van der Waals surface area contributed by atoms with Crippen molar-refractivity contribution in [3.05, 3.63) is 17.0 Å². The summed E-state index contributed by atoms with van der Waals surface area (Å²) in [5.74, 6) is -0.155. The SMILES string of the molecule is Cc1ccsc1NC(=O)C(C)(C)N. The third kappa shape index (κ3) is 2.54. The van der Waals surface area contributed by atoms with E-state index in [-0.39, 0.29) is 5.91 Å². The summed E-state index contributed by atoms with van der Waals surface area (Å²) in [5, 5.41) is 5.60. The lowest BCUT2D eigenvalue weighted by Crippen LogP contribution is -2.45. The van der Waals surface area contributed by atoms with Crippen molar-refractivity contribution >= 4 is 22.2 Å². The molecule has 72 valence electrons. The monoisotopic (exact) mass is 198 g/mol. The average Bonchev–Trinajstić information content (AvgIpc) is 2.34. The lowest BCUT2D eigenvalue weighted by atomic mass is 10.1. The number of hydrogen-bond donors (Lipinski definition) is 2. The topological polar surface area (TPSA) is 55.1 Å². The Morgan fingerprint density at radius 2 is 2.23 bits per heavy atom. The van der Waals surface area contributed by atoms with E-state index in [1.54, 1.807) is 13.8 Å². The van der Waals surface area contributed by atoms with Gasteiger partial charge in [-0.05, 0) is 37.8 Å². The molecule has 0 aromatic carbocycles. The molecule has 0 aliphatic rings. The molecule has 0 spiro atoms. The molecule has 0 atom stereocenters. The van der Waals surface area contributed by atoms with Crippen molar-refractivity contribution in [1.29, 1.82) is 0 Å². The van der Waals surface area contributed by atoms with E-state index in [2.05, 4.69) is 5.32 Å². The van der Waals surface area contributed by atoms with Crippen LogP contribution in [0.4, 0.5) is 5.00 Å². The molecular formula is C9H14N2OS. The third-order valence-corrected chi connectivity index (χ3v) is 2.61. The van der Waals surface area contributed by atoms with Crippen molar-refractivity contribution < 1.29 is 4.79 Å². The van der Waals surface area contributed by atoms with Crippen LogP contribution in [0.25, 0.3) is 0 Å². The Bertz CT molecular complexity index is 312. The molecule has 0 saturated heterocycles. The molecule has 13 heavy (non-hydrogen) atoms. The van der Waals surface area contributed by atoms with Crippen LogP contribution in [-0.2, 0) is 4.79 Å². The summed E-state index contributed by atoms with van der Waals surface area (Å²) in [4.78, 5) is 11.5. The van der Waals surface area contributed by atoms with Gasteiger partial charge in [-0.2, -0.15) is 0 Å². The second-order valence-electron chi connectivity index (χ2n) is 3.61. The van der Waals surface area contributed by atoms with Crippen molar-refractivity contribution in [2.75, 3.05) is 5.32 Å². The van der Waals surface area contributed by atoms with Gasteiger partial charge in [0.2, 0.25) is 5.91 Å². The highest BCUT2D eigenvalue weighted by atomic mass is 32.1. The molecule has 1 aromatic heterocycles. The number of carbonyl (C=O) groups excluding carboxylic acids is 1. The molecule has 1 heterocycles. The van der Waals surface area contributed by atoms with Crippen LogP contribution in [0, 0.1) is 6.92 Å². The largest absolute Gasteiger partial charge is 0.318 e. The quantitative estimate of drug-likeness (QED) is 0.760. The fourth-order valence-electron chi connectivity index (χ4n) is 0.765. The normalized spacial score (nSPS) is 11.4. The summed E-state index contributed by atoms with van der Waals surface area (Å²) in [6.07, 6.45) is 0. The van der Waals surface area contributed by atoms with Crippen molar-refractivity contribution in [3.8, 4) is 0 Å². The maximum absolute atomic E-state index is 11.5. The van der Waals surface area contributed by atoms with Gasteiger partial charge in [-0.25, -0.2) is 0 Å². The minimum absolute atomic E-state index is 0.155. The van der Waals surface area contributed by atoms with Crippen molar-refractivity contribution in [2.24, 2.45) is 5.73 Å². The molecular weight excluding hydrogens is 184 g/mol. The number of carbonyl (C=O) groups is 1. The second kappa shape index (κ2) is 3.47. The molecule has 0 saturated carbocycles. The maximum atomic E-state index is 11.5. The summed E-state index contributed by atoms with van der Waals surface area (Å²) in [7, 11) is 0. The van der Waals surface area contributed by atoms with Crippen LogP contribution in [-0.4, -0.2) is 11.4 Å². The Morgan fingerprint density at radius 1 is 1.62 bits per heavy atom. The standard InChI is InChI=1S/C9H14N2OS/c1-6-4-5-13-7(6)11-8(12)9(2,3)10/h4-5H,10H2,1-3H3,(H,11,12). The van der Waals surface area contributed by atoms with Gasteiger partial charge < -0.3 is 11.1 Å². The van der Waals surface area contributed by atoms with E-state index in [4.69, 9.17) is 5.73 Å². The highest BCUT2D eigenvalue weighted by molar-refractivity contribution is 7.14. The maximum Gasteiger partial charge on any atom is 0.244 e. The van der Waals surface area contributed by atoms with E-state index in [9.17, 15) is 4.79 Å². The van der Waals surface area contributed by atoms with Crippen molar-refractivity contribution in [1.82, 2.24) is 0 Å². The van der Waals surface area contributed by atoms with Crippen LogP contribution in [0.2, 0.25) is 0 Å². The van der Waals surface area contributed by atoms with Gasteiger partial charge in [0.25, 0.3) is 0 Å². The zero-order chi connectivity index (χ0) is 10.1. The van der Waals surface area contributed by atoms with Gasteiger partial charge in [0.05, 0.1) is 10.5 Å². The lowest BCUT2D eigenvalue weighted by molar-refractivity contribution is -0.120. The Kier molecular flexibility index (Phi) is 2.73. The van der Waals surface area contributed by atoms with E-state index < -0.39 is 5.54 Å². The van der Waals surface area contributed by atoms with E-state index in [1.165, 1.54) is 11.3 Å². The molecule has 3 N–H and O–H groups in total. The van der Waals surface area contributed by atoms with Gasteiger partial charge >= 0.3 is 0 Å². The minimum Gasteiger partial charge on any atom is -0.318 e. The van der Waals surface area contributed by atoms with Crippen LogP contribution in [0.15, 0.2) is 11.4 Å². The Balaban J connectivity index is 2.71. The summed E-state index contributed by atoms with van der Waals surface area (Å²) in [6, 6.07) is 1.96. The number of rotatable bonds is 2. The molecule has 1 amide bonds. The molecule has 0 aliphatic carbocycles. The van der Waals surface area contributed by atoms with E-state index in [0.29, 0.717) is 0 Å². The first-order valence-corrected chi connectivity index (χ1v) is 4.93. The second-order valence-corrected chi connectivity index (χ2v) is 4.52. The van der Waals surface area contributed by atoms with E-state index >= 15 is 0 Å². The van der Waals surface area contributed by atoms with Crippen LogP contribution in [0.1, 0.15) is 19.4 Å².